The normalized spacial score (nSPS) is 10.9. The molecule has 0 aliphatic carbocycles. The van der Waals surface area contributed by atoms with Crippen LogP contribution < -0.4 is 15.5 Å². The third-order valence-corrected chi connectivity index (χ3v) is 5.58. The lowest BCUT2D eigenvalue weighted by molar-refractivity contribution is 0.102. The third-order valence-electron chi connectivity index (χ3n) is 5.58. The second-order valence-corrected chi connectivity index (χ2v) is 8.45. The zero-order valence-corrected chi connectivity index (χ0v) is 20.0. The van der Waals surface area contributed by atoms with Gasteiger partial charge in [-0.3, -0.25) is 9.78 Å². The number of halogens is 2. The number of nitrogens with one attached hydrogen (secondary N) is 2. The molecule has 0 spiro atoms. The molecule has 1 aromatic heterocycles. The van der Waals surface area contributed by atoms with Crippen molar-refractivity contribution in [1.82, 2.24) is 9.97 Å². The van der Waals surface area contributed by atoms with Crippen molar-refractivity contribution in [2.45, 2.75) is 40.0 Å². The molecule has 0 saturated heterocycles. The maximum Gasteiger partial charge on any atom is 0.256 e. The molecule has 0 radical (unpaired) electrons. The van der Waals surface area contributed by atoms with Gasteiger partial charge in [-0.05, 0) is 48.6 Å². The van der Waals surface area contributed by atoms with Crippen LogP contribution in [0.25, 0.3) is 0 Å². The Hall–Kier alpha value is -3.55. The van der Waals surface area contributed by atoms with E-state index in [0.717, 1.165) is 42.2 Å². The van der Waals surface area contributed by atoms with Crippen molar-refractivity contribution >= 4 is 23.1 Å². The molecule has 0 bridgehead atoms. The molecule has 0 aliphatic rings. The zero-order chi connectivity index (χ0) is 24.7. The second kappa shape index (κ2) is 11.5. The van der Waals surface area contributed by atoms with Crippen LogP contribution in [-0.4, -0.2) is 35.5 Å². The molecule has 8 heteroatoms. The standard InChI is InChI=1S/C26H31F2N5O/c1-5-11-33(25-16-29-8-9-31-25)12-10-30-24-13-19(17(2)3)6-7-23(24)32-26(34)21-14-20(27)15-22(28)18(21)4/h6-9,13-17,30H,5,10-12H2,1-4H3,(H,32,34). The lowest BCUT2D eigenvalue weighted by Gasteiger charge is -2.24. The Balaban J connectivity index is 1.80. The van der Waals surface area contributed by atoms with Gasteiger partial charge in [-0.15, -0.1) is 0 Å². The molecule has 34 heavy (non-hydrogen) atoms. The highest BCUT2D eigenvalue weighted by atomic mass is 19.1. The number of nitrogens with zero attached hydrogens (tertiary/aromatic N) is 3. The molecule has 0 aliphatic heterocycles. The number of anilines is 3. The minimum atomic E-state index is -0.790. The molecule has 6 nitrogen and oxygen atoms in total. The first-order valence-electron chi connectivity index (χ1n) is 11.5. The minimum absolute atomic E-state index is 0.0341. The van der Waals surface area contributed by atoms with Crippen molar-refractivity contribution in [2.75, 3.05) is 35.2 Å². The van der Waals surface area contributed by atoms with Gasteiger partial charge in [0.05, 0.1) is 17.6 Å². The summed E-state index contributed by atoms with van der Waals surface area (Å²) in [4.78, 5) is 23.6. The summed E-state index contributed by atoms with van der Waals surface area (Å²) < 4.78 is 27.7. The van der Waals surface area contributed by atoms with Gasteiger partial charge < -0.3 is 15.5 Å². The van der Waals surface area contributed by atoms with Crippen molar-refractivity contribution < 1.29 is 13.6 Å². The van der Waals surface area contributed by atoms with Crippen molar-refractivity contribution in [3.05, 3.63) is 77.2 Å². The van der Waals surface area contributed by atoms with E-state index < -0.39 is 17.5 Å². The topological polar surface area (TPSA) is 70.2 Å². The Morgan fingerprint density at radius 2 is 1.88 bits per heavy atom. The Morgan fingerprint density at radius 3 is 2.56 bits per heavy atom. The van der Waals surface area contributed by atoms with Crippen LogP contribution in [0.4, 0.5) is 26.0 Å². The van der Waals surface area contributed by atoms with Crippen molar-refractivity contribution in [3.63, 3.8) is 0 Å². The first-order chi connectivity index (χ1) is 16.3. The fraction of sp³-hybridized carbons (Fsp3) is 0.346. The predicted molar refractivity (Wildman–Crippen MR) is 133 cm³/mol. The molecule has 0 saturated carbocycles. The molecule has 180 valence electrons. The van der Waals surface area contributed by atoms with E-state index in [-0.39, 0.29) is 11.1 Å². The van der Waals surface area contributed by atoms with Gasteiger partial charge in [0.25, 0.3) is 5.91 Å². The summed E-state index contributed by atoms with van der Waals surface area (Å²) in [5.74, 6) is -1.01. The Kier molecular flexibility index (Phi) is 8.51. The number of carbonyl (C=O) groups excluding carboxylic acids is 1. The zero-order valence-electron chi connectivity index (χ0n) is 20.0. The number of benzene rings is 2. The lowest BCUT2D eigenvalue weighted by atomic mass is 10.0. The average Bonchev–Trinajstić information content (AvgIpc) is 2.82. The van der Waals surface area contributed by atoms with E-state index in [1.165, 1.54) is 6.92 Å². The number of amides is 1. The predicted octanol–water partition coefficient (Wildman–Crippen LogP) is 5.77. The molecule has 2 N–H and O–H groups in total. The lowest BCUT2D eigenvalue weighted by Crippen LogP contribution is -2.30. The Morgan fingerprint density at radius 1 is 1.09 bits per heavy atom. The smallest absolute Gasteiger partial charge is 0.256 e. The highest BCUT2D eigenvalue weighted by Crippen LogP contribution is 2.28. The van der Waals surface area contributed by atoms with Gasteiger partial charge >= 0.3 is 0 Å². The average molecular weight is 468 g/mol. The van der Waals surface area contributed by atoms with Crippen molar-refractivity contribution in [1.29, 1.82) is 0 Å². The molecule has 2 aromatic carbocycles. The first kappa shape index (κ1) is 25.1. The van der Waals surface area contributed by atoms with Crippen molar-refractivity contribution in [2.24, 2.45) is 0 Å². The molecule has 3 rings (SSSR count). The van der Waals surface area contributed by atoms with E-state index in [0.29, 0.717) is 24.7 Å². The molecule has 0 unspecified atom stereocenters. The number of hydrogen-bond acceptors (Lipinski definition) is 5. The van der Waals surface area contributed by atoms with Crippen molar-refractivity contribution in [3.8, 4) is 0 Å². The van der Waals surface area contributed by atoms with Gasteiger partial charge in [0.1, 0.15) is 17.5 Å². The van der Waals surface area contributed by atoms with Crippen LogP contribution in [0, 0.1) is 18.6 Å². The van der Waals surface area contributed by atoms with Gasteiger partial charge in [0.2, 0.25) is 0 Å². The molecular weight excluding hydrogens is 436 g/mol. The molecule has 1 heterocycles. The summed E-state index contributed by atoms with van der Waals surface area (Å²) in [6.07, 6.45) is 6.01. The van der Waals surface area contributed by atoms with E-state index in [1.807, 2.05) is 18.2 Å². The maximum absolute atomic E-state index is 14.0. The summed E-state index contributed by atoms with van der Waals surface area (Å²) in [5, 5.41) is 6.22. The first-order valence-corrected chi connectivity index (χ1v) is 11.5. The van der Waals surface area contributed by atoms with Crippen LogP contribution in [0.15, 0.2) is 48.9 Å². The quantitative estimate of drug-likeness (QED) is 0.396. The van der Waals surface area contributed by atoms with Crippen LogP contribution >= 0.6 is 0 Å². The van der Waals surface area contributed by atoms with E-state index in [4.69, 9.17) is 0 Å². The third kappa shape index (κ3) is 6.27. The summed E-state index contributed by atoms with van der Waals surface area (Å²) in [7, 11) is 0. The Bertz CT molecular complexity index is 1120. The second-order valence-electron chi connectivity index (χ2n) is 8.45. The highest BCUT2D eigenvalue weighted by Gasteiger charge is 2.17. The monoisotopic (exact) mass is 467 g/mol. The van der Waals surface area contributed by atoms with Crippen LogP contribution in [-0.2, 0) is 0 Å². The van der Waals surface area contributed by atoms with Gasteiger partial charge in [0, 0.05) is 43.7 Å². The SMILES string of the molecule is CCCN(CCNc1cc(C(C)C)ccc1NC(=O)c1cc(F)cc(F)c1C)c1cnccn1. The van der Waals surface area contributed by atoms with E-state index in [9.17, 15) is 13.6 Å². The molecular formula is C26H31F2N5O. The van der Waals surface area contributed by atoms with Crippen LogP contribution in [0.1, 0.15) is 54.6 Å². The number of rotatable bonds is 10. The van der Waals surface area contributed by atoms with E-state index in [1.54, 1.807) is 18.6 Å². The Labute approximate surface area is 199 Å². The summed E-state index contributed by atoms with van der Waals surface area (Å²) in [6, 6.07) is 7.56. The van der Waals surface area contributed by atoms with Gasteiger partial charge in [-0.2, -0.15) is 0 Å². The molecule has 0 fully saturated rings. The molecule has 1 amide bonds. The van der Waals surface area contributed by atoms with Gasteiger partial charge in [0.15, 0.2) is 0 Å². The number of aromatic nitrogens is 2. The van der Waals surface area contributed by atoms with E-state index >= 15 is 0 Å². The fourth-order valence-corrected chi connectivity index (χ4v) is 3.64. The summed E-state index contributed by atoms with van der Waals surface area (Å²) >= 11 is 0. The van der Waals surface area contributed by atoms with Gasteiger partial charge in [-0.25, -0.2) is 13.8 Å². The highest BCUT2D eigenvalue weighted by molar-refractivity contribution is 6.06. The maximum atomic E-state index is 14.0. The van der Waals surface area contributed by atoms with Crippen LogP contribution in [0.5, 0.6) is 0 Å². The molecule has 3 aromatic rings. The van der Waals surface area contributed by atoms with Gasteiger partial charge in [-0.1, -0.05) is 26.8 Å². The fourth-order valence-electron chi connectivity index (χ4n) is 3.64. The number of hydrogen-bond donors (Lipinski definition) is 2. The number of carbonyl (C=O) groups is 1. The van der Waals surface area contributed by atoms with Crippen LogP contribution in [0.3, 0.4) is 0 Å². The van der Waals surface area contributed by atoms with E-state index in [2.05, 4.69) is 46.3 Å². The minimum Gasteiger partial charge on any atom is -0.382 e. The van der Waals surface area contributed by atoms with Crippen LogP contribution in [0.2, 0.25) is 0 Å². The largest absolute Gasteiger partial charge is 0.382 e. The summed E-state index contributed by atoms with van der Waals surface area (Å²) in [5.41, 5.74) is 2.46. The summed E-state index contributed by atoms with van der Waals surface area (Å²) in [6.45, 7) is 9.85. The molecule has 0 atom stereocenters.